The van der Waals surface area contributed by atoms with Crippen LogP contribution in [0.25, 0.3) is 0 Å². The maximum absolute atomic E-state index is 10.8. The van der Waals surface area contributed by atoms with Gasteiger partial charge in [-0.25, -0.2) is 0 Å². The van der Waals surface area contributed by atoms with Crippen LogP contribution in [0.4, 0.5) is 0 Å². The zero-order valence-electron chi connectivity index (χ0n) is 7.82. The highest BCUT2D eigenvalue weighted by molar-refractivity contribution is 7.86. The molecule has 0 spiro atoms. The Balaban J connectivity index is 3.09. The predicted octanol–water partition coefficient (Wildman–Crippen LogP) is 0.962. The van der Waals surface area contributed by atoms with Crippen LogP contribution in [0, 0.1) is 5.41 Å². The molecule has 0 aliphatic rings. The van der Waals surface area contributed by atoms with Gasteiger partial charge in [-0.3, -0.25) is 5.41 Å². The molecule has 0 saturated carbocycles. The Bertz CT molecular complexity index is 499. The molecular weight excluding hydrogens is 240 g/mol. The lowest BCUT2D eigenvalue weighted by Crippen LogP contribution is -2.11. The normalized spacial score (nSPS) is 11.1. The fourth-order valence-corrected chi connectivity index (χ4v) is 1.64. The summed E-state index contributed by atoms with van der Waals surface area (Å²) in [5.74, 6) is -0.132. The second-order valence-corrected chi connectivity index (χ2v) is 4.83. The molecule has 0 heterocycles. The van der Waals surface area contributed by atoms with Crippen LogP contribution in [-0.2, 0) is 10.1 Å². The van der Waals surface area contributed by atoms with Gasteiger partial charge in [0, 0.05) is 5.56 Å². The van der Waals surface area contributed by atoms with Gasteiger partial charge in [-0.05, 0) is 18.2 Å². The molecule has 82 valence electrons. The van der Waals surface area contributed by atoms with Crippen molar-refractivity contribution in [2.45, 2.75) is 0 Å². The third-order valence-electron chi connectivity index (χ3n) is 1.48. The van der Waals surface area contributed by atoms with Crippen molar-refractivity contribution in [3.8, 4) is 5.75 Å². The Labute approximate surface area is 92.4 Å². The van der Waals surface area contributed by atoms with Crippen molar-refractivity contribution < 1.29 is 12.6 Å². The summed E-state index contributed by atoms with van der Waals surface area (Å²) >= 11 is 5.74. The Kier molecular flexibility index (Phi) is 3.21. The van der Waals surface area contributed by atoms with Crippen LogP contribution < -0.4 is 9.92 Å². The van der Waals surface area contributed by atoms with E-state index >= 15 is 0 Å². The van der Waals surface area contributed by atoms with Crippen LogP contribution in [0.5, 0.6) is 5.75 Å². The molecule has 0 aliphatic heterocycles. The summed E-state index contributed by atoms with van der Waals surface area (Å²) in [5.41, 5.74) is 5.63. The van der Waals surface area contributed by atoms with E-state index in [2.05, 4.69) is 4.18 Å². The molecule has 5 nitrogen and oxygen atoms in total. The smallest absolute Gasteiger partial charge is 0.306 e. The van der Waals surface area contributed by atoms with E-state index in [0.717, 1.165) is 6.26 Å². The molecule has 1 rings (SSSR count). The lowest BCUT2D eigenvalue weighted by molar-refractivity contribution is 0.493. The third kappa shape index (κ3) is 3.41. The minimum absolute atomic E-state index is 0.0177. The fourth-order valence-electron chi connectivity index (χ4n) is 0.899. The second-order valence-electron chi connectivity index (χ2n) is 2.85. The van der Waals surface area contributed by atoms with E-state index in [4.69, 9.17) is 22.7 Å². The standard InChI is InChI=1S/C8H9ClN2O3S/c1-15(12,13)14-7-3-2-5(8(10)11)4-6(7)9/h2-4H,1H3,(H3,10,11). The highest BCUT2D eigenvalue weighted by Crippen LogP contribution is 2.26. The van der Waals surface area contributed by atoms with Crippen molar-refractivity contribution in [3.05, 3.63) is 28.8 Å². The molecular formula is C8H9ClN2O3S. The van der Waals surface area contributed by atoms with E-state index in [-0.39, 0.29) is 16.6 Å². The molecule has 0 atom stereocenters. The van der Waals surface area contributed by atoms with Gasteiger partial charge >= 0.3 is 10.1 Å². The first kappa shape index (κ1) is 11.8. The minimum Gasteiger partial charge on any atom is -0.384 e. The van der Waals surface area contributed by atoms with Crippen LogP contribution in [0.1, 0.15) is 5.56 Å². The van der Waals surface area contributed by atoms with E-state index in [1.165, 1.54) is 18.2 Å². The second kappa shape index (κ2) is 4.08. The van der Waals surface area contributed by atoms with Gasteiger partial charge in [0.05, 0.1) is 11.3 Å². The van der Waals surface area contributed by atoms with Crippen LogP contribution in [0.3, 0.4) is 0 Å². The van der Waals surface area contributed by atoms with E-state index in [1.54, 1.807) is 0 Å². The van der Waals surface area contributed by atoms with Crippen molar-refractivity contribution in [2.75, 3.05) is 6.26 Å². The SMILES string of the molecule is CS(=O)(=O)Oc1ccc(C(=N)N)cc1Cl. The lowest BCUT2D eigenvalue weighted by Gasteiger charge is -2.06. The van der Waals surface area contributed by atoms with Crippen molar-refractivity contribution in [2.24, 2.45) is 5.73 Å². The topological polar surface area (TPSA) is 93.2 Å². The molecule has 1 aromatic carbocycles. The maximum Gasteiger partial charge on any atom is 0.306 e. The van der Waals surface area contributed by atoms with Crippen molar-refractivity contribution in [3.63, 3.8) is 0 Å². The largest absolute Gasteiger partial charge is 0.384 e. The molecule has 0 amide bonds. The number of benzene rings is 1. The van der Waals surface area contributed by atoms with Gasteiger partial charge in [-0.15, -0.1) is 0 Å². The summed E-state index contributed by atoms with van der Waals surface area (Å²) in [7, 11) is -3.60. The van der Waals surface area contributed by atoms with Gasteiger partial charge in [0.15, 0.2) is 5.75 Å². The Morgan fingerprint density at radius 2 is 2.13 bits per heavy atom. The quantitative estimate of drug-likeness (QED) is 0.473. The predicted molar refractivity (Wildman–Crippen MR) is 57.9 cm³/mol. The molecule has 0 fully saturated rings. The molecule has 0 saturated heterocycles. The molecule has 15 heavy (non-hydrogen) atoms. The summed E-state index contributed by atoms with van der Waals surface area (Å²) in [6, 6.07) is 4.17. The van der Waals surface area contributed by atoms with E-state index in [1.807, 2.05) is 0 Å². The van der Waals surface area contributed by atoms with Crippen LogP contribution in [0.15, 0.2) is 18.2 Å². The lowest BCUT2D eigenvalue weighted by atomic mass is 10.2. The number of hydrogen-bond acceptors (Lipinski definition) is 4. The summed E-state index contributed by atoms with van der Waals surface area (Å²) in [4.78, 5) is 0. The highest BCUT2D eigenvalue weighted by atomic mass is 35.5. The number of hydrogen-bond donors (Lipinski definition) is 2. The highest BCUT2D eigenvalue weighted by Gasteiger charge is 2.09. The summed E-state index contributed by atoms with van der Waals surface area (Å²) < 4.78 is 26.2. The average molecular weight is 249 g/mol. The third-order valence-corrected chi connectivity index (χ3v) is 2.26. The zero-order chi connectivity index (χ0) is 11.6. The molecule has 0 radical (unpaired) electrons. The number of nitrogens with two attached hydrogens (primary N) is 1. The maximum atomic E-state index is 10.8. The first-order chi connectivity index (χ1) is 6.79. The Morgan fingerprint density at radius 1 is 1.53 bits per heavy atom. The first-order valence-corrected chi connectivity index (χ1v) is 6.02. The van der Waals surface area contributed by atoms with Crippen molar-refractivity contribution >= 4 is 27.6 Å². The molecule has 3 N–H and O–H groups in total. The first-order valence-electron chi connectivity index (χ1n) is 3.83. The summed E-state index contributed by atoms with van der Waals surface area (Å²) in [6.45, 7) is 0. The van der Waals surface area contributed by atoms with E-state index < -0.39 is 10.1 Å². The van der Waals surface area contributed by atoms with E-state index in [9.17, 15) is 8.42 Å². The number of nitrogen functional groups attached to an aromatic ring is 1. The minimum atomic E-state index is -3.60. The summed E-state index contributed by atoms with van der Waals surface area (Å²) in [5, 5.41) is 7.23. The van der Waals surface area contributed by atoms with Gasteiger partial charge < -0.3 is 9.92 Å². The van der Waals surface area contributed by atoms with Gasteiger partial charge in [-0.2, -0.15) is 8.42 Å². The number of nitrogens with one attached hydrogen (secondary N) is 1. The van der Waals surface area contributed by atoms with Crippen LogP contribution >= 0.6 is 11.6 Å². The van der Waals surface area contributed by atoms with Gasteiger partial charge in [0.1, 0.15) is 5.84 Å². The van der Waals surface area contributed by atoms with Gasteiger partial charge in [0.2, 0.25) is 0 Å². The molecule has 0 unspecified atom stereocenters. The van der Waals surface area contributed by atoms with Gasteiger partial charge in [0.25, 0.3) is 0 Å². The number of amidine groups is 1. The molecule has 0 aliphatic carbocycles. The van der Waals surface area contributed by atoms with Gasteiger partial charge in [-0.1, -0.05) is 11.6 Å². The Morgan fingerprint density at radius 3 is 2.53 bits per heavy atom. The van der Waals surface area contributed by atoms with E-state index in [0.29, 0.717) is 5.56 Å². The molecule has 0 bridgehead atoms. The van der Waals surface area contributed by atoms with Crippen LogP contribution in [-0.4, -0.2) is 20.5 Å². The monoisotopic (exact) mass is 248 g/mol. The zero-order valence-corrected chi connectivity index (χ0v) is 9.39. The average Bonchev–Trinajstić information content (AvgIpc) is 2.05. The number of rotatable bonds is 3. The Hall–Kier alpha value is -1.27. The van der Waals surface area contributed by atoms with Crippen LogP contribution in [0.2, 0.25) is 5.02 Å². The molecule has 0 aromatic heterocycles. The fraction of sp³-hybridized carbons (Fsp3) is 0.125. The molecule has 1 aromatic rings. The molecule has 7 heteroatoms. The van der Waals surface area contributed by atoms with Crippen molar-refractivity contribution in [1.82, 2.24) is 0 Å². The summed E-state index contributed by atoms with van der Waals surface area (Å²) in [6.07, 6.45) is 0.919. The number of halogens is 1. The van der Waals surface area contributed by atoms with Crippen molar-refractivity contribution in [1.29, 1.82) is 5.41 Å².